The van der Waals surface area contributed by atoms with Gasteiger partial charge in [-0.05, 0) is 39.7 Å². The van der Waals surface area contributed by atoms with Crippen LogP contribution in [0.5, 0.6) is 5.75 Å². The summed E-state index contributed by atoms with van der Waals surface area (Å²) in [5.74, 6) is 0.255. The third-order valence-electron chi connectivity index (χ3n) is 2.13. The van der Waals surface area contributed by atoms with Crippen molar-refractivity contribution in [1.29, 1.82) is 0 Å². The number of phenols is 1. The van der Waals surface area contributed by atoms with Gasteiger partial charge in [-0.3, -0.25) is 0 Å². The highest BCUT2D eigenvalue weighted by molar-refractivity contribution is 9.10. The van der Waals surface area contributed by atoms with E-state index in [4.69, 9.17) is 11.6 Å². The first-order valence-electron chi connectivity index (χ1n) is 4.42. The van der Waals surface area contributed by atoms with Crippen LogP contribution in [0, 0.1) is 0 Å². The molecular weight excluding hydrogens is 275 g/mol. The van der Waals surface area contributed by atoms with Crippen LogP contribution in [-0.4, -0.2) is 5.11 Å². The predicted octanol–water partition coefficient (Wildman–Crippen LogP) is 4.48. The molecule has 0 fully saturated rings. The first-order valence-corrected chi connectivity index (χ1v) is 5.59. The molecule has 0 heterocycles. The summed E-state index contributed by atoms with van der Waals surface area (Å²) >= 11 is 9.53. The number of phenolic OH excluding ortho intramolecular Hbond substituents is 1. The van der Waals surface area contributed by atoms with Crippen LogP contribution in [0.4, 0.5) is 0 Å². The second kappa shape index (κ2) is 4.25. The lowest BCUT2D eigenvalue weighted by atomic mass is 10.1. The summed E-state index contributed by atoms with van der Waals surface area (Å²) in [4.78, 5) is 0. The average molecular weight is 284 g/mol. The van der Waals surface area contributed by atoms with Crippen molar-refractivity contribution in [2.45, 2.75) is 0 Å². The summed E-state index contributed by atoms with van der Waals surface area (Å²) in [5.41, 5.74) is 1.94. The zero-order valence-electron chi connectivity index (χ0n) is 7.74. The highest BCUT2D eigenvalue weighted by Crippen LogP contribution is 2.33. The molecule has 1 N–H and O–H groups in total. The summed E-state index contributed by atoms with van der Waals surface area (Å²) in [6.45, 7) is 0. The van der Waals surface area contributed by atoms with Crippen molar-refractivity contribution in [2.24, 2.45) is 0 Å². The lowest BCUT2D eigenvalue weighted by Crippen LogP contribution is -1.79. The summed E-state index contributed by atoms with van der Waals surface area (Å²) in [6, 6.07) is 12.7. The number of hydrogen-bond acceptors (Lipinski definition) is 1. The van der Waals surface area contributed by atoms with Crippen molar-refractivity contribution in [1.82, 2.24) is 0 Å². The van der Waals surface area contributed by atoms with E-state index in [0.29, 0.717) is 5.02 Å². The minimum atomic E-state index is 0.255. The van der Waals surface area contributed by atoms with Gasteiger partial charge in [0.2, 0.25) is 0 Å². The standard InChI is InChI=1S/C12H8BrClO/c13-11-3-1-2-10(12(11)14)8-4-6-9(15)7-5-8/h1-7,15H. The Balaban J connectivity index is 2.54. The predicted molar refractivity (Wildman–Crippen MR) is 66.3 cm³/mol. The zero-order valence-corrected chi connectivity index (χ0v) is 10.1. The minimum absolute atomic E-state index is 0.255. The Morgan fingerprint density at radius 2 is 1.67 bits per heavy atom. The molecule has 1 nitrogen and oxygen atoms in total. The quantitative estimate of drug-likeness (QED) is 0.818. The molecule has 0 saturated heterocycles. The Morgan fingerprint density at radius 1 is 1.00 bits per heavy atom. The normalized spacial score (nSPS) is 10.3. The molecule has 0 aliphatic carbocycles. The maximum atomic E-state index is 9.19. The molecule has 0 radical (unpaired) electrons. The molecule has 2 aromatic carbocycles. The smallest absolute Gasteiger partial charge is 0.115 e. The Hall–Kier alpha value is -0.990. The van der Waals surface area contributed by atoms with E-state index in [0.717, 1.165) is 15.6 Å². The van der Waals surface area contributed by atoms with Gasteiger partial charge in [-0.15, -0.1) is 0 Å². The van der Waals surface area contributed by atoms with Gasteiger partial charge in [-0.1, -0.05) is 35.9 Å². The maximum absolute atomic E-state index is 9.19. The van der Waals surface area contributed by atoms with Crippen LogP contribution in [-0.2, 0) is 0 Å². The fraction of sp³-hybridized carbons (Fsp3) is 0. The molecule has 76 valence electrons. The van der Waals surface area contributed by atoms with E-state index in [1.165, 1.54) is 0 Å². The highest BCUT2D eigenvalue weighted by Gasteiger charge is 2.05. The SMILES string of the molecule is Oc1ccc(-c2cccc(Br)c2Cl)cc1. The van der Waals surface area contributed by atoms with Gasteiger partial charge >= 0.3 is 0 Å². The maximum Gasteiger partial charge on any atom is 0.115 e. The van der Waals surface area contributed by atoms with E-state index in [1.807, 2.05) is 30.3 Å². The van der Waals surface area contributed by atoms with Crippen LogP contribution in [0.3, 0.4) is 0 Å². The fourth-order valence-electron chi connectivity index (χ4n) is 1.37. The van der Waals surface area contributed by atoms with E-state index < -0.39 is 0 Å². The topological polar surface area (TPSA) is 20.2 Å². The molecule has 0 aliphatic heterocycles. The largest absolute Gasteiger partial charge is 0.508 e. The lowest BCUT2D eigenvalue weighted by Gasteiger charge is -2.05. The molecule has 0 amide bonds. The number of halogens is 2. The highest BCUT2D eigenvalue weighted by atomic mass is 79.9. The summed E-state index contributed by atoms with van der Waals surface area (Å²) in [6.07, 6.45) is 0. The van der Waals surface area contributed by atoms with Crippen LogP contribution < -0.4 is 0 Å². The van der Waals surface area contributed by atoms with Crippen molar-refractivity contribution >= 4 is 27.5 Å². The van der Waals surface area contributed by atoms with E-state index in [-0.39, 0.29) is 5.75 Å². The molecule has 0 spiro atoms. The average Bonchev–Trinajstić information content (AvgIpc) is 2.24. The molecular formula is C12H8BrClO. The van der Waals surface area contributed by atoms with Gasteiger partial charge in [-0.2, -0.15) is 0 Å². The molecule has 0 aromatic heterocycles. The third kappa shape index (κ3) is 2.16. The van der Waals surface area contributed by atoms with Gasteiger partial charge in [0, 0.05) is 10.0 Å². The Bertz CT molecular complexity index is 479. The van der Waals surface area contributed by atoms with Gasteiger partial charge in [-0.25, -0.2) is 0 Å². The van der Waals surface area contributed by atoms with Gasteiger partial charge in [0.05, 0.1) is 5.02 Å². The first kappa shape index (κ1) is 10.5. The minimum Gasteiger partial charge on any atom is -0.508 e. The molecule has 2 aromatic rings. The van der Waals surface area contributed by atoms with Gasteiger partial charge in [0.25, 0.3) is 0 Å². The van der Waals surface area contributed by atoms with Crippen molar-refractivity contribution in [2.75, 3.05) is 0 Å². The van der Waals surface area contributed by atoms with Gasteiger partial charge in [0.1, 0.15) is 5.75 Å². The van der Waals surface area contributed by atoms with Crippen molar-refractivity contribution in [3.8, 4) is 16.9 Å². The summed E-state index contributed by atoms with van der Waals surface area (Å²) in [7, 11) is 0. The molecule has 15 heavy (non-hydrogen) atoms. The van der Waals surface area contributed by atoms with Crippen LogP contribution in [0.1, 0.15) is 0 Å². The van der Waals surface area contributed by atoms with Crippen molar-refractivity contribution in [3.05, 3.63) is 52.0 Å². The van der Waals surface area contributed by atoms with Crippen LogP contribution in [0.2, 0.25) is 5.02 Å². The van der Waals surface area contributed by atoms with Crippen molar-refractivity contribution < 1.29 is 5.11 Å². The van der Waals surface area contributed by atoms with E-state index in [9.17, 15) is 5.11 Å². The Kier molecular flexibility index (Phi) is 2.98. The van der Waals surface area contributed by atoms with Crippen molar-refractivity contribution in [3.63, 3.8) is 0 Å². The first-order chi connectivity index (χ1) is 7.18. The second-order valence-corrected chi connectivity index (χ2v) is 4.38. The third-order valence-corrected chi connectivity index (χ3v) is 3.43. The van der Waals surface area contributed by atoms with Gasteiger partial charge in [0.15, 0.2) is 0 Å². The van der Waals surface area contributed by atoms with Crippen LogP contribution >= 0.6 is 27.5 Å². The molecule has 0 bridgehead atoms. The Labute approximate surface area is 101 Å². The molecule has 2 rings (SSSR count). The van der Waals surface area contributed by atoms with Crippen LogP contribution in [0.15, 0.2) is 46.9 Å². The number of hydrogen-bond donors (Lipinski definition) is 1. The zero-order chi connectivity index (χ0) is 10.8. The van der Waals surface area contributed by atoms with E-state index in [2.05, 4.69) is 15.9 Å². The van der Waals surface area contributed by atoms with Gasteiger partial charge < -0.3 is 5.11 Å². The Morgan fingerprint density at radius 3 is 2.33 bits per heavy atom. The molecule has 3 heteroatoms. The van der Waals surface area contributed by atoms with E-state index >= 15 is 0 Å². The van der Waals surface area contributed by atoms with E-state index in [1.54, 1.807) is 12.1 Å². The monoisotopic (exact) mass is 282 g/mol. The lowest BCUT2D eigenvalue weighted by molar-refractivity contribution is 0.475. The molecule has 0 atom stereocenters. The number of aromatic hydroxyl groups is 1. The molecule has 0 unspecified atom stereocenters. The summed E-state index contributed by atoms with van der Waals surface area (Å²) < 4.78 is 0.870. The second-order valence-electron chi connectivity index (χ2n) is 3.15. The number of benzene rings is 2. The fourth-order valence-corrected chi connectivity index (χ4v) is 1.97. The van der Waals surface area contributed by atoms with Crippen LogP contribution in [0.25, 0.3) is 11.1 Å². The number of rotatable bonds is 1. The molecule has 0 saturated carbocycles. The summed E-state index contributed by atoms with van der Waals surface area (Å²) in [5, 5.41) is 9.87. The molecule has 0 aliphatic rings.